The molecule has 0 aliphatic rings. The van der Waals surface area contributed by atoms with Gasteiger partial charge in [-0.1, -0.05) is 19.1 Å². The summed E-state index contributed by atoms with van der Waals surface area (Å²) in [5.41, 5.74) is 4.07. The van der Waals surface area contributed by atoms with Gasteiger partial charge in [0.1, 0.15) is 5.75 Å². The highest BCUT2D eigenvalue weighted by Crippen LogP contribution is 2.27. The van der Waals surface area contributed by atoms with Crippen LogP contribution in [0, 0.1) is 6.92 Å². The zero-order valence-electron chi connectivity index (χ0n) is 11.9. The lowest BCUT2D eigenvalue weighted by Gasteiger charge is -2.11. The smallest absolute Gasteiger partial charge is 0.253 e. The molecule has 0 spiro atoms. The zero-order chi connectivity index (χ0) is 14.0. The van der Waals surface area contributed by atoms with Crippen molar-refractivity contribution >= 4 is 0 Å². The number of pyridine rings is 1. The van der Waals surface area contributed by atoms with Crippen molar-refractivity contribution < 1.29 is 4.74 Å². The number of aryl methyl sites for hydroxylation is 3. The lowest BCUT2D eigenvalue weighted by atomic mass is 10.0. The minimum Gasteiger partial charge on any atom is -0.496 e. The second-order valence-electron chi connectivity index (χ2n) is 4.71. The summed E-state index contributed by atoms with van der Waals surface area (Å²) in [6.45, 7) is 3.94. The number of methoxy groups -OCH3 is 1. The molecule has 2 rings (SSSR count). The maximum atomic E-state index is 11.7. The molecule has 100 valence electrons. The number of rotatable bonds is 3. The third kappa shape index (κ3) is 2.55. The second kappa shape index (κ2) is 5.31. The third-order valence-electron chi connectivity index (χ3n) is 3.36. The van der Waals surface area contributed by atoms with Gasteiger partial charge in [0.2, 0.25) is 0 Å². The van der Waals surface area contributed by atoms with Gasteiger partial charge in [-0.2, -0.15) is 0 Å². The number of hydrogen-bond donors (Lipinski definition) is 0. The predicted octanol–water partition coefficient (Wildman–Crippen LogP) is 2.93. The topological polar surface area (TPSA) is 31.2 Å². The molecule has 0 radical (unpaired) electrons. The normalized spacial score (nSPS) is 10.5. The number of ether oxygens (including phenoxy) is 1. The molecule has 3 heteroatoms. The summed E-state index contributed by atoms with van der Waals surface area (Å²) >= 11 is 0. The minimum absolute atomic E-state index is 0.0425. The highest BCUT2D eigenvalue weighted by Gasteiger charge is 2.07. The van der Waals surface area contributed by atoms with Crippen LogP contribution in [0.4, 0.5) is 0 Å². The Labute approximate surface area is 113 Å². The molecular weight excluding hydrogens is 238 g/mol. The van der Waals surface area contributed by atoms with Gasteiger partial charge < -0.3 is 9.30 Å². The number of aromatic nitrogens is 1. The highest BCUT2D eigenvalue weighted by atomic mass is 16.5. The second-order valence-corrected chi connectivity index (χ2v) is 4.71. The van der Waals surface area contributed by atoms with E-state index in [9.17, 15) is 4.79 Å². The van der Waals surface area contributed by atoms with Crippen LogP contribution in [-0.4, -0.2) is 11.7 Å². The molecule has 0 saturated heterocycles. The molecule has 0 saturated carbocycles. The SMILES string of the molecule is CCc1ccc(-c2cc(C)c(=O)n(C)c2)cc1OC. The van der Waals surface area contributed by atoms with Crippen molar-refractivity contribution in [3.63, 3.8) is 0 Å². The standard InChI is InChI=1S/C16H19NO2/c1-5-12-6-7-13(9-15(12)19-4)14-8-11(2)16(18)17(3)10-14/h6-10H,5H2,1-4H3. The summed E-state index contributed by atoms with van der Waals surface area (Å²) in [4.78, 5) is 11.7. The molecule has 0 aliphatic heterocycles. The fourth-order valence-electron chi connectivity index (χ4n) is 2.25. The highest BCUT2D eigenvalue weighted by molar-refractivity contribution is 5.66. The fourth-order valence-corrected chi connectivity index (χ4v) is 2.25. The average molecular weight is 257 g/mol. The minimum atomic E-state index is 0.0425. The Balaban J connectivity index is 2.56. The van der Waals surface area contributed by atoms with E-state index in [0.29, 0.717) is 0 Å². The van der Waals surface area contributed by atoms with E-state index in [1.54, 1.807) is 18.7 Å². The van der Waals surface area contributed by atoms with Crippen LogP contribution in [0.1, 0.15) is 18.1 Å². The Hall–Kier alpha value is -2.03. The molecule has 1 aromatic heterocycles. The van der Waals surface area contributed by atoms with Crippen molar-refractivity contribution in [2.75, 3.05) is 7.11 Å². The van der Waals surface area contributed by atoms with Crippen LogP contribution in [0.2, 0.25) is 0 Å². The van der Waals surface area contributed by atoms with Crippen LogP contribution in [-0.2, 0) is 13.5 Å². The van der Waals surface area contributed by atoms with Crippen molar-refractivity contribution in [1.29, 1.82) is 0 Å². The van der Waals surface area contributed by atoms with E-state index >= 15 is 0 Å². The molecule has 19 heavy (non-hydrogen) atoms. The van der Waals surface area contributed by atoms with E-state index in [-0.39, 0.29) is 5.56 Å². The monoisotopic (exact) mass is 257 g/mol. The molecule has 0 N–H and O–H groups in total. The summed E-state index contributed by atoms with van der Waals surface area (Å²) < 4.78 is 7.03. The fraction of sp³-hybridized carbons (Fsp3) is 0.312. The maximum absolute atomic E-state index is 11.7. The first kappa shape index (κ1) is 13.4. The average Bonchev–Trinajstić information content (AvgIpc) is 2.43. The van der Waals surface area contributed by atoms with E-state index < -0.39 is 0 Å². The van der Waals surface area contributed by atoms with Crippen LogP contribution in [0.15, 0.2) is 35.3 Å². The van der Waals surface area contributed by atoms with Gasteiger partial charge in [-0.15, -0.1) is 0 Å². The number of benzene rings is 1. The molecule has 0 aliphatic carbocycles. The van der Waals surface area contributed by atoms with Gasteiger partial charge in [-0.25, -0.2) is 0 Å². The van der Waals surface area contributed by atoms with Crippen LogP contribution in [0.3, 0.4) is 0 Å². The van der Waals surface area contributed by atoms with Crippen molar-refractivity contribution in [3.05, 3.63) is 51.9 Å². The molecule has 1 heterocycles. The largest absolute Gasteiger partial charge is 0.496 e. The summed E-state index contributed by atoms with van der Waals surface area (Å²) in [5.74, 6) is 0.895. The van der Waals surface area contributed by atoms with E-state index in [4.69, 9.17) is 4.74 Å². The maximum Gasteiger partial charge on any atom is 0.253 e. The summed E-state index contributed by atoms with van der Waals surface area (Å²) in [5, 5.41) is 0. The van der Waals surface area contributed by atoms with E-state index in [1.807, 2.05) is 25.3 Å². The Kier molecular flexibility index (Phi) is 3.74. The Morgan fingerprint density at radius 2 is 1.95 bits per heavy atom. The summed E-state index contributed by atoms with van der Waals surface area (Å²) in [6.07, 6.45) is 2.80. The summed E-state index contributed by atoms with van der Waals surface area (Å²) in [7, 11) is 3.46. The van der Waals surface area contributed by atoms with Gasteiger partial charge in [-0.05, 0) is 42.2 Å². The lowest BCUT2D eigenvalue weighted by Crippen LogP contribution is -2.18. The van der Waals surface area contributed by atoms with Crippen LogP contribution in [0.25, 0.3) is 11.1 Å². The van der Waals surface area contributed by atoms with Crippen molar-refractivity contribution in [2.45, 2.75) is 20.3 Å². The molecule has 0 fully saturated rings. The molecule has 3 nitrogen and oxygen atoms in total. The Bertz CT molecular complexity index is 630. The zero-order valence-corrected chi connectivity index (χ0v) is 11.9. The van der Waals surface area contributed by atoms with E-state index in [0.717, 1.165) is 28.9 Å². The molecule has 0 unspecified atom stereocenters. The quantitative estimate of drug-likeness (QED) is 0.846. The molecular formula is C16H19NO2. The van der Waals surface area contributed by atoms with Crippen molar-refractivity contribution in [2.24, 2.45) is 7.05 Å². The first-order valence-corrected chi connectivity index (χ1v) is 6.41. The van der Waals surface area contributed by atoms with Crippen molar-refractivity contribution in [3.8, 4) is 16.9 Å². The molecule has 0 bridgehead atoms. The molecule has 0 amide bonds. The van der Waals surface area contributed by atoms with Crippen molar-refractivity contribution in [1.82, 2.24) is 4.57 Å². The first-order valence-electron chi connectivity index (χ1n) is 6.41. The van der Waals surface area contributed by atoms with Gasteiger partial charge in [0, 0.05) is 18.8 Å². The third-order valence-corrected chi connectivity index (χ3v) is 3.36. The predicted molar refractivity (Wildman–Crippen MR) is 77.8 cm³/mol. The van der Waals surface area contributed by atoms with Gasteiger partial charge >= 0.3 is 0 Å². The molecule has 1 aromatic carbocycles. The number of nitrogens with zero attached hydrogens (tertiary/aromatic N) is 1. The van der Waals surface area contributed by atoms with Gasteiger partial charge in [0.15, 0.2) is 0 Å². The summed E-state index contributed by atoms with van der Waals surface area (Å²) in [6, 6.07) is 8.09. The van der Waals surface area contributed by atoms with Crippen LogP contribution < -0.4 is 10.3 Å². The van der Waals surface area contributed by atoms with Crippen LogP contribution >= 0.6 is 0 Å². The molecule has 2 aromatic rings. The van der Waals surface area contributed by atoms with E-state index in [1.165, 1.54) is 5.56 Å². The number of hydrogen-bond acceptors (Lipinski definition) is 2. The van der Waals surface area contributed by atoms with Crippen LogP contribution in [0.5, 0.6) is 5.75 Å². The first-order chi connectivity index (χ1) is 9.06. The van der Waals surface area contributed by atoms with Gasteiger partial charge in [0.05, 0.1) is 7.11 Å². The molecule has 0 atom stereocenters. The van der Waals surface area contributed by atoms with E-state index in [2.05, 4.69) is 19.1 Å². The Morgan fingerprint density at radius 1 is 1.21 bits per heavy atom. The Morgan fingerprint density at radius 3 is 2.53 bits per heavy atom. The van der Waals surface area contributed by atoms with Gasteiger partial charge in [-0.3, -0.25) is 4.79 Å². The lowest BCUT2D eigenvalue weighted by molar-refractivity contribution is 0.410. The van der Waals surface area contributed by atoms with Gasteiger partial charge in [0.25, 0.3) is 5.56 Å².